The smallest absolute Gasteiger partial charge is 0.0590 e. The first-order chi connectivity index (χ1) is 6.83. The molecule has 0 aliphatic carbocycles. The lowest BCUT2D eigenvalue weighted by atomic mass is 10.1. The van der Waals surface area contributed by atoms with E-state index in [1.807, 2.05) is 0 Å². The molecular weight excluding hydrogens is 174 g/mol. The lowest BCUT2D eigenvalue weighted by molar-refractivity contribution is 0.0963. The summed E-state index contributed by atoms with van der Waals surface area (Å²) >= 11 is 0. The molecule has 1 aliphatic rings. The van der Waals surface area contributed by atoms with Crippen LogP contribution in [0.15, 0.2) is 0 Å². The van der Waals surface area contributed by atoms with Crippen molar-refractivity contribution in [2.45, 2.75) is 64.5 Å². The van der Waals surface area contributed by atoms with E-state index in [0.717, 1.165) is 6.61 Å². The van der Waals surface area contributed by atoms with Crippen molar-refractivity contribution in [3.63, 3.8) is 0 Å². The van der Waals surface area contributed by atoms with Gasteiger partial charge in [-0.15, -0.1) is 0 Å². The Balaban J connectivity index is 1.95. The molecule has 0 aromatic rings. The minimum atomic E-state index is 0.531. The normalized spacial score (nSPS) is 24.0. The van der Waals surface area contributed by atoms with Gasteiger partial charge in [0.15, 0.2) is 0 Å². The molecule has 1 N–H and O–H groups in total. The second-order valence-electron chi connectivity index (χ2n) is 4.43. The molecule has 2 unspecified atom stereocenters. The molecule has 0 amide bonds. The van der Waals surface area contributed by atoms with Crippen LogP contribution in [0.3, 0.4) is 0 Å². The predicted octanol–water partition coefficient (Wildman–Crippen LogP) is 2.72. The Morgan fingerprint density at radius 2 is 2.29 bits per heavy atom. The van der Waals surface area contributed by atoms with Gasteiger partial charge in [0.1, 0.15) is 0 Å². The van der Waals surface area contributed by atoms with Crippen molar-refractivity contribution in [3.05, 3.63) is 0 Å². The number of hydrogen-bond donors (Lipinski definition) is 1. The molecule has 0 bridgehead atoms. The van der Waals surface area contributed by atoms with Crippen LogP contribution in [0, 0.1) is 0 Å². The van der Waals surface area contributed by atoms with Gasteiger partial charge in [-0.05, 0) is 39.2 Å². The summed E-state index contributed by atoms with van der Waals surface area (Å²) in [5.41, 5.74) is 0. The van der Waals surface area contributed by atoms with Crippen molar-refractivity contribution in [3.8, 4) is 0 Å². The molecule has 0 aromatic heterocycles. The highest BCUT2D eigenvalue weighted by molar-refractivity contribution is 4.71. The van der Waals surface area contributed by atoms with Crippen LogP contribution in [0.1, 0.15) is 52.4 Å². The quantitative estimate of drug-likeness (QED) is 0.637. The summed E-state index contributed by atoms with van der Waals surface area (Å²) < 4.78 is 5.61. The first-order valence-corrected chi connectivity index (χ1v) is 6.18. The monoisotopic (exact) mass is 199 g/mol. The summed E-state index contributed by atoms with van der Waals surface area (Å²) in [4.78, 5) is 0. The zero-order valence-electron chi connectivity index (χ0n) is 9.72. The lowest BCUT2D eigenvalue weighted by Crippen LogP contribution is -2.30. The average molecular weight is 199 g/mol. The summed E-state index contributed by atoms with van der Waals surface area (Å²) in [5, 5.41) is 3.56. The van der Waals surface area contributed by atoms with Gasteiger partial charge in [-0.1, -0.05) is 19.8 Å². The summed E-state index contributed by atoms with van der Waals surface area (Å²) in [6, 6.07) is 0.620. The minimum absolute atomic E-state index is 0.531. The van der Waals surface area contributed by atoms with E-state index >= 15 is 0 Å². The Morgan fingerprint density at radius 1 is 1.43 bits per heavy atom. The maximum Gasteiger partial charge on any atom is 0.0590 e. The lowest BCUT2D eigenvalue weighted by Gasteiger charge is -2.17. The molecule has 1 saturated heterocycles. The maximum atomic E-state index is 5.61. The van der Waals surface area contributed by atoms with E-state index in [9.17, 15) is 0 Å². The zero-order chi connectivity index (χ0) is 10.2. The highest BCUT2D eigenvalue weighted by atomic mass is 16.5. The van der Waals surface area contributed by atoms with Crippen molar-refractivity contribution >= 4 is 0 Å². The van der Waals surface area contributed by atoms with Crippen LogP contribution in [0.5, 0.6) is 0 Å². The van der Waals surface area contributed by atoms with E-state index in [4.69, 9.17) is 4.74 Å². The molecule has 1 fully saturated rings. The Hall–Kier alpha value is -0.0800. The minimum Gasteiger partial charge on any atom is -0.378 e. The fourth-order valence-electron chi connectivity index (χ4n) is 2.03. The van der Waals surface area contributed by atoms with Crippen molar-refractivity contribution in [2.24, 2.45) is 0 Å². The molecule has 2 heteroatoms. The number of nitrogens with one attached hydrogen (secondary N) is 1. The molecule has 2 nitrogen and oxygen atoms in total. The summed E-state index contributed by atoms with van der Waals surface area (Å²) in [6.45, 7) is 6.67. The van der Waals surface area contributed by atoms with E-state index in [1.165, 1.54) is 45.1 Å². The first-order valence-electron chi connectivity index (χ1n) is 6.18. The molecule has 1 heterocycles. The Bertz CT molecular complexity index is 132. The molecule has 2 atom stereocenters. The molecule has 1 rings (SSSR count). The average Bonchev–Trinajstić information content (AvgIpc) is 2.65. The highest BCUT2D eigenvalue weighted by Gasteiger charge is 2.17. The van der Waals surface area contributed by atoms with Crippen LogP contribution in [-0.4, -0.2) is 25.3 Å². The molecular formula is C12H25NO. The van der Waals surface area contributed by atoms with E-state index in [-0.39, 0.29) is 0 Å². The first kappa shape index (κ1) is 12.0. The molecule has 1 aliphatic heterocycles. The highest BCUT2D eigenvalue weighted by Crippen LogP contribution is 2.16. The largest absolute Gasteiger partial charge is 0.378 e. The van der Waals surface area contributed by atoms with Crippen molar-refractivity contribution in [1.29, 1.82) is 0 Å². The van der Waals surface area contributed by atoms with Gasteiger partial charge in [0, 0.05) is 12.6 Å². The van der Waals surface area contributed by atoms with Gasteiger partial charge >= 0.3 is 0 Å². The Kier molecular flexibility index (Phi) is 6.20. The van der Waals surface area contributed by atoms with Crippen LogP contribution in [-0.2, 0) is 4.74 Å². The summed E-state index contributed by atoms with van der Waals surface area (Å²) in [5.74, 6) is 0. The van der Waals surface area contributed by atoms with E-state index in [0.29, 0.717) is 12.1 Å². The van der Waals surface area contributed by atoms with Gasteiger partial charge < -0.3 is 10.1 Å². The number of ether oxygens (including phenoxy) is 1. The van der Waals surface area contributed by atoms with Gasteiger partial charge in [-0.2, -0.15) is 0 Å². The van der Waals surface area contributed by atoms with Crippen molar-refractivity contribution in [1.82, 2.24) is 5.32 Å². The Morgan fingerprint density at radius 3 is 2.93 bits per heavy atom. The molecule has 0 radical (unpaired) electrons. The Labute approximate surface area is 88.4 Å². The van der Waals surface area contributed by atoms with Gasteiger partial charge in [0.25, 0.3) is 0 Å². The molecule has 14 heavy (non-hydrogen) atoms. The number of hydrogen-bond acceptors (Lipinski definition) is 2. The fraction of sp³-hybridized carbons (Fsp3) is 1.00. The third kappa shape index (κ3) is 4.97. The van der Waals surface area contributed by atoms with E-state index in [1.54, 1.807) is 0 Å². The van der Waals surface area contributed by atoms with Crippen molar-refractivity contribution < 1.29 is 4.74 Å². The molecule has 0 saturated carbocycles. The topological polar surface area (TPSA) is 21.3 Å². The van der Waals surface area contributed by atoms with Crippen LogP contribution < -0.4 is 5.32 Å². The molecule has 84 valence electrons. The fourth-order valence-corrected chi connectivity index (χ4v) is 2.03. The summed E-state index contributed by atoms with van der Waals surface area (Å²) in [6.07, 6.45) is 8.21. The maximum absolute atomic E-state index is 5.61. The second kappa shape index (κ2) is 7.24. The van der Waals surface area contributed by atoms with Gasteiger partial charge in [0.2, 0.25) is 0 Å². The van der Waals surface area contributed by atoms with Gasteiger partial charge in [0.05, 0.1) is 6.10 Å². The zero-order valence-corrected chi connectivity index (χ0v) is 9.72. The van der Waals surface area contributed by atoms with Crippen LogP contribution in [0.25, 0.3) is 0 Å². The predicted molar refractivity (Wildman–Crippen MR) is 60.6 cm³/mol. The molecule has 0 spiro atoms. The third-order valence-electron chi connectivity index (χ3n) is 2.91. The van der Waals surface area contributed by atoms with Crippen LogP contribution >= 0.6 is 0 Å². The molecule has 0 aromatic carbocycles. The van der Waals surface area contributed by atoms with E-state index < -0.39 is 0 Å². The van der Waals surface area contributed by atoms with Gasteiger partial charge in [-0.25, -0.2) is 0 Å². The summed E-state index contributed by atoms with van der Waals surface area (Å²) in [7, 11) is 0. The number of rotatable bonds is 7. The SMILES string of the molecule is CCCCCNC(C)CC1CCCO1. The van der Waals surface area contributed by atoms with E-state index in [2.05, 4.69) is 19.2 Å². The number of unbranched alkanes of at least 4 members (excludes halogenated alkanes) is 2. The standard InChI is InChI=1S/C12H25NO/c1-3-4-5-8-13-11(2)10-12-7-6-9-14-12/h11-13H,3-10H2,1-2H3. The van der Waals surface area contributed by atoms with Crippen LogP contribution in [0.4, 0.5) is 0 Å². The van der Waals surface area contributed by atoms with Crippen molar-refractivity contribution in [2.75, 3.05) is 13.2 Å². The third-order valence-corrected chi connectivity index (χ3v) is 2.91. The second-order valence-corrected chi connectivity index (χ2v) is 4.43. The van der Waals surface area contributed by atoms with Crippen LogP contribution in [0.2, 0.25) is 0 Å². The van der Waals surface area contributed by atoms with Gasteiger partial charge in [-0.3, -0.25) is 0 Å².